The van der Waals surface area contributed by atoms with Gasteiger partial charge < -0.3 is 0 Å². The first-order chi connectivity index (χ1) is 6.00. The van der Waals surface area contributed by atoms with Crippen LogP contribution in [0.15, 0.2) is 0 Å². The van der Waals surface area contributed by atoms with Gasteiger partial charge in [0.05, 0.1) is 0 Å². The Labute approximate surface area is 162 Å². The Morgan fingerprint density at radius 3 is 0.412 bits per heavy atom. The molecule has 0 fully saturated rings. The zero-order valence-electron chi connectivity index (χ0n) is 6.70. The van der Waals surface area contributed by atoms with Crippen molar-refractivity contribution in [3.8, 4) is 0 Å². The molecule has 0 unspecified atom stereocenters. The van der Waals surface area contributed by atoms with Crippen LogP contribution in [-0.4, -0.2) is 0 Å². The first kappa shape index (κ1) is 31.9. The van der Waals surface area contributed by atoms with Crippen molar-refractivity contribution in [2.24, 2.45) is 0 Å². The first-order valence-corrected chi connectivity index (χ1v) is 7.63. The molecule has 0 aliphatic rings. The van der Waals surface area contributed by atoms with Gasteiger partial charge in [-0.15, -0.1) is 0 Å². The van der Waals surface area contributed by atoms with Crippen molar-refractivity contribution >= 4 is 0 Å². The van der Waals surface area contributed by atoms with E-state index in [1.807, 2.05) is 0 Å². The van der Waals surface area contributed by atoms with Crippen LogP contribution in [0.25, 0.3) is 0 Å². The Balaban J connectivity index is -0.0000000400. The molecule has 0 aliphatic carbocycles. The molecule has 0 aromatic carbocycles. The molecule has 17 heavy (non-hydrogen) atoms. The third kappa shape index (κ3) is 720. The predicted octanol–water partition coefficient (Wildman–Crippen LogP) is -7.85. The molecule has 0 rings (SSSR count). The van der Waals surface area contributed by atoms with Crippen LogP contribution >= 0.6 is 0 Å². The summed E-state index contributed by atoms with van der Waals surface area (Å²) in [4.78, 5) is 0. The van der Waals surface area contributed by atoms with Gasteiger partial charge in [-0.3, -0.25) is 0 Å². The molecule has 0 saturated heterocycles. The van der Waals surface area contributed by atoms with Gasteiger partial charge in [-0.2, -0.15) is 0 Å². The third-order valence-electron chi connectivity index (χ3n) is 0. The maximum Gasteiger partial charge on any atom is 3.00 e. The SMILES string of the molecule is [O]=[Mn](=[O])([O-])[O-].[O]=[Mn](=[O])([O-])[O-].[O]=[Mn](=[O])([O-])[O-].[Tb+3].[Tb+3]. The fourth-order valence-corrected chi connectivity index (χ4v) is 0. The van der Waals surface area contributed by atoms with Crippen molar-refractivity contribution in [3.05, 3.63) is 0 Å². The molecule has 0 bridgehead atoms. The maximum atomic E-state index is 8.58. The van der Waals surface area contributed by atoms with Crippen molar-refractivity contribution in [1.29, 1.82) is 0 Å². The summed E-state index contributed by atoms with van der Waals surface area (Å²) in [6.45, 7) is 0. The maximum absolute atomic E-state index is 8.58. The van der Waals surface area contributed by atoms with Gasteiger partial charge >= 0.3 is 165 Å². The molecular formula is Mn3O12Tb2. The Morgan fingerprint density at radius 2 is 0.412 bits per heavy atom. The van der Waals surface area contributed by atoms with E-state index in [4.69, 9.17) is 48.1 Å². The van der Waals surface area contributed by atoms with Crippen molar-refractivity contribution < 1.29 is 165 Å². The summed E-state index contributed by atoms with van der Waals surface area (Å²) in [6.07, 6.45) is 0. The van der Waals surface area contributed by atoms with E-state index in [0.29, 0.717) is 0 Å². The van der Waals surface area contributed by atoms with Crippen LogP contribution < -0.4 is 25.1 Å². The minimum Gasteiger partial charge on any atom is 3.00 e. The van der Waals surface area contributed by atoms with Gasteiger partial charge in [0.2, 0.25) is 0 Å². The number of hydrogen-bond donors (Lipinski definition) is 0. The monoisotopic (exact) mass is 675 g/mol. The van der Waals surface area contributed by atoms with Gasteiger partial charge in [-0.1, -0.05) is 0 Å². The molecule has 111 valence electrons. The van der Waals surface area contributed by atoms with Gasteiger partial charge in [-0.25, -0.2) is 0 Å². The van der Waals surface area contributed by atoms with Gasteiger partial charge in [0.25, 0.3) is 0 Å². The van der Waals surface area contributed by atoms with Crippen LogP contribution in [0.1, 0.15) is 0 Å². The van der Waals surface area contributed by atoms with Crippen LogP contribution in [0.5, 0.6) is 0 Å². The van der Waals surface area contributed by atoms with E-state index < -0.39 is 40.1 Å². The third-order valence-corrected chi connectivity index (χ3v) is 0. The average Bonchev–Trinajstić information content (AvgIpc) is 1.41. The van der Waals surface area contributed by atoms with Gasteiger partial charge in [0, 0.05) is 0 Å². The second-order valence-corrected chi connectivity index (χ2v) is 4.68. The molecule has 0 amide bonds. The quantitative estimate of drug-likeness (QED) is 0.218. The Kier molecular flexibility index (Phi) is 25.6. The van der Waals surface area contributed by atoms with Crippen LogP contribution in [-0.2, 0) is 63.1 Å². The molecule has 0 aromatic heterocycles. The molecule has 0 saturated carbocycles. The van der Waals surface area contributed by atoms with Crippen molar-refractivity contribution in [2.45, 2.75) is 0 Å². The zero-order chi connectivity index (χ0) is 13.5. The average molecular weight is 675 g/mol. The van der Waals surface area contributed by atoms with Crippen molar-refractivity contribution in [3.63, 3.8) is 0 Å². The summed E-state index contributed by atoms with van der Waals surface area (Å²) in [6, 6.07) is 0. The summed E-state index contributed by atoms with van der Waals surface area (Å²) in [5.41, 5.74) is 0. The predicted molar refractivity (Wildman–Crippen MR) is 4.12 cm³/mol. The summed E-state index contributed by atoms with van der Waals surface area (Å²) in [5.74, 6) is 0. The molecule has 0 atom stereocenters. The minimum absolute atomic E-state index is 0. The second-order valence-electron chi connectivity index (χ2n) is 1.13. The van der Waals surface area contributed by atoms with E-state index in [-0.39, 0.29) is 77.2 Å². The normalized spacial score (nSPS) is 10.2. The molecule has 0 spiro atoms. The Bertz CT molecular complexity index is 341. The minimum atomic E-state index is -5.62. The fourth-order valence-electron chi connectivity index (χ4n) is 0. The summed E-state index contributed by atoms with van der Waals surface area (Å²) < 4.78 is 103. The Morgan fingerprint density at radius 1 is 0.412 bits per heavy atom. The van der Waals surface area contributed by atoms with Gasteiger partial charge in [-0.05, 0) is 0 Å². The smallest absolute Gasteiger partial charge is 3.00 e. The van der Waals surface area contributed by atoms with E-state index in [0.717, 1.165) is 0 Å². The fraction of sp³-hybridized carbons (Fsp3) is 0. The van der Waals surface area contributed by atoms with E-state index >= 15 is 0 Å². The van der Waals surface area contributed by atoms with E-state index in [2.05, 4.69) is 0 Å². The van der Waals surface area contributed by atoms with Crippen molar-refractivity contribution in [1.82, 2.24) is 0 Å². The second kappa shape index (κ2) is 13.7. The molecule has 0 heterocycles. The largest absolute Gasteiger partial charge is 3.00 e. The molecule has 0 aliphatic heterocycles. The topological polar surface area (TPSA) is 241 Å². The van der Waals surface area contributed by atoms with Crippen molar-refractivity contribution in [2.75, 3.05) is 0 Å². The van der Waals surface area contributed by atoms with Crippen LogP contribution in [0, 0.1) is 77.2 Å². The summed E-state index contributed by atoms with van der Waals surface area (Å²) in [7, 11) is 0. The Hall–Kier alpha value is 2.69. The van der Waals surface area contributed by atoms with E-state index in [1.165, 1.54) is 0 Å². The molecule has 0 N–H and O–H groups in total. The standard InChI is InChI=1S/3Mn.12O.2Tb/q;;;;;;;;;6*-1;2*+3. The van der Waals surface area contributed by atoms with Crippen LogP contribution in [0.4, 0.5) is 0 Å². The molecule has 0 radical (unpaired) electrons. The summed E-state index contributed by atoms with van der Waals surface area (Å²) >= 11 is -16.9. The number of hydrogen-bond acceptors (Lipinski definition) is 12. The molecular weight excluding hydrogens is 675 g/mol. The molecule has 0 aromatic rings. The van der Waals surface area contributed by atoms with E-state index in [1.54, 1.807) is 0 Å². The molecule has 17 heteroatoms. The van der Waals surface area contributed by atoms with Crippen LogP contribution in [0.3, 0.4) is 0 Å². The number of rotatable bonds is 0. The molecule has 12 nitrogen and oxygen atoms in total. The summed E-state index contributed by atoms with van der Waals surface area (Å²) in [5, 5.41) is 0. The first-order valence-electron chi connectivity index (χ1n) is 1.85. The van der Waals surface area contributed by atoms with Gasteiger partial charge in [0.1, 0.15) is 0 Å². The van der Waals surface area contributed by atoms with Gasteiger partial charge in [0.15, 0.2) is 0 Å². The van der Waals surface area contributed by atoms with E-state index in [9.17, 15) is 0 Å². The van der Waals surface area contributed by atoms with Crippen LogP contribution in [0.2, 0.25) is 0 Å². The zero-order valence-corrected chi connectivity index (χ0v) is 14.5.